The Morgan fingerprint density at radius 2 is 1.61 bits per heavy atom. The van der Waals surface area contributed by atoms with Crippen LogP contribution in [0, 0.1) is 0 Å². The summed E-state index contributed by atoms with van der Waals surface area (Å²) in [6.07, 6.45) is 1.47. The van der Waals surface area contributed by atoms with Crippen molar-refractivity contribution in [2.45, 2.75) is 0 Å². The van der Waals surface area contributed by atoms with Gasteiger partial charge in [-0.2, -0.15) is 9.78 Å². The molecule has 4 aromatic carbocycles. The van der Waals surface area contributed by atoms with Crippen LogP contribution in [0.2, 0.25) is 5.02 Å². The summed E-state index contributed by atoms with van der Waals surface area (Å²) in [6.45, 7) is 0. The number of esters is 1. The van der Waals surface area contributed by atoms with E-state index in [-0.39, 0.29) is 5.56 Å². The number of fused-ring (bicyclic) bond motifs is 1. The van der Waals surface area contributed by atoms with Crippen molar-refractivity contribution >= 4 is 50.6 Å². The molecule has 0 N–H and O–H groups in total. The maximum atomic E-state index is 13.4. The second-order valence-electron chi connectivity index (χ2n) is 7.76. The van der Waals surface area contributed by atoms with Gasteiger partial charge in [-0.1, -0.05) is 51.8 Å². The molecule has 6 nitrogen and oxygen atoms in total. The third-order valence-electron chi connectivity index (χ3n) is 5.37. The predicted molar refractivity (Wildman–Crippen MR) is 145 cm³/mol. The fourth-order valence-corrected chi connectivity index (χ4v) is 3.95. The number of nitrogens with zero attached hydrogens (tertiary/aromatic N) is 3. The number of benzene rings is 4. The van der Waals surface area contributed by atoms with Crippen molar-refractivity contribution in [3.8, 4) is 17.1 Å². The van der Waals surface area contributed by atoms with Crippen LogP contribution in [0.5, 0.6) is 5.75 Å². The topological polar surface area (TPSA) is 73.5 Å². The van der Waals surface area contributed by atoms with Crippen LogP contribution >= 0.6 is 27.5 Å². The number of aromatic nitrogens is 2. The molecule has 0 spiro atoms. The van der Waals surface area contributed by atoms with Crippen LogP contribution in [-0.4, -0.2) is 21.8 Å². The van der Waals surface area contributed by atoms with E-state index in [1.807, 2.05) is 6.07 Å². The molecule has 0 aliphatic rings. The zero-order valence-electron chi connectivity index (χ0n) is 18.6. The lowest BCUT2D eigenvalue weighted by Gasteiger charge is -2.10. The Kier molecular flexibility index (Phi) is 6.75. The number of ether oxygens (including phenoxy) is 1. The monoisotopic (exact) mass is 557 g/mol. The lowest BCUT2D eigenvalue weighted by molar-refractivity contribution is 0.0734. The van der Waals surface area contributed by atoms with Crippen molar-refractivity contribution in [1.82, 2.24) is 9.66 Å². The Hall–Kier alpha value is -4.07. The fourth-order valence-electron chi connectivity index (χ4n) is 3.56. The maximum Gasteiger partial charge on any atom is 0.343 e. The molecule has 5 aromatic rings. The molecule has 0 aliphatic heterocycles. The van der Waals surface area contributed by atoms with Crippen molar-refractivity contribution in [2.75, 3.05) is 0 Å². The van der Waals surface area contributed by atoms with Gasteiger partial charge in [-0.3, -0.25) is 4.79 Å². The zero-order valence-corrected chi connectivity index (χ0v) is 21.0. The summed E-state index contributed by atoms with van der Waals surface area (Å²) in [6, 6.07) is 27.9. The molecule has 1 heterocycles. The fraction of sp³-hybridized carbons (Fsp3) is 0. The average Bonchev–Trinajstić information content (AvgIpc) is 2.90. The largest absolute Gasteiger partial charge is 0.422 e. The Bertz CT molecular complexity index is 1660. The van der Waals surface area contributed by atoms with Gasteiger partial charge in [0.15, 0.2) is 5.82 Å². The average molecular weight is 559 g/mol. The first-order chi connectivity index (χ1) is 17.5. The van der Waals surface area contributed by atoms with Gasteiger partial charge in [-0.25, -0.2) is 9.78 Å². The highest BCUT2D eigenvalue weighted by Crippen LogP contribution is 2.22. The molecule has 1 aromatic heterocycles. The van der Waals surface area contributed by atoms with E-state index >= 15 is 0 Å². The lowest BCUT2D eigenvalue weighted by Crippen LogP contribution is -2.20. The van der Waals surface area contributed by atoms with Crippen molar-refractivity contribution < 1.29 is 9.53 Å². The van der Waals surface area contributed by atoms with Gasteiger partial charge in [0.05, 0.1) is 22.7 Å². The van der Waals surface area contributed by atoms with E-state index < -0.39 is 5.97 Å². The van der Waals surface area contributed by atoms with E-state index in [1.165, 1.54) is 10.9 Å². The first kappa shape index (κ1) is 23.7. The second kappa shape index (κ2) is 10.3. The molecule has 0 bridgehead atoms. The van der Waals surface area contributed by atoms with Crippen LogP contribution in [0.15, 0.2) is 111 Å². The van der Waals surface area contributed by atoms with Gasteiger partial charge in [0.2, 0.25) is 0 Å². The van der Waals surface area contributed by atoms with E-state index in [9.17, 15) is 9.59 Å². The molecule has 0 atom stereocenters. The molecule has 5 rings (SSSR count). The predicted octanol–water partition coefficient (Wildman–Crippen LogP) is 6.58. The molecule has 8 heteroatoms. The van der Waals surface area contributed by atoms with Crippen molar-refractivity contribution in [2.24, 2.45) is 5.10 Å². The molecule has 0 radical (unpaired) electrons. The van der Waals surface area contributed by atoms with Crippen LogP contribution in [0.4, 0.5) is 0 Å². The Balaban J connectivity index is 1.56. The van der Waals surface area contributed by atoms with Gasteiger partial charge < -0.3 is 4.74 Å². The summed E-state index contributed by atoms with van der Waals surface area (Å²) in [5.41, 5.74) is 1.83. The Labute approximate surface area is 219 Å². The van der Waals surface area contributed by atoms with E-state index in [0.29, 0.717) is 44.2 Å². The lowest BCUT2D eigenvalue weighted by atomic mass is 10.2. The summed E-state index contributed by atoms with van der Waals surface area (Å²) in [7, 11) is 0. The number of hydrogen-bond acceptors (Lipinski definition) is 5. The van der Waals surface area contributed by atoms with Crippen LogP contribution in [0.25, 0.3) is 22.3 Å². The number of halogens is 2. The molecule has 0 aliphatic carbocycles. The minimum absolute atomic E-state index is 0.309. The number of carbonyl (C=O) groups is 1. The van der Waals surface area contributed by atoms with Crippen molar-refractivity contribution in [1.29, 1.82) is 0 Å². The number of hydrogen-bond donors (Lipinski definition) is 0. The molecular weight excluding hydrogens is 542 g/mol. The van der Waals surface area contributed by atoms with Crippen LogP contribution in [0.1, 0.15) is 15.9 Å². The van der Waals surface area contributed by atoms with E-state index in [4.69, 9.17) is 16.3 Å². The van der Waals surface area contributed by atoms with Crippen molar-refractivity contribution in [3.05, 3.63) is 128 Å². The number of rotatable bonds is 5. The second-order valence-corrected chi connectivity index (χ2v) is 9.11. The van der Waals surface area contributed by atoms with Gasteiger partial charge in [0.1, 0.15) is 5.75 Å². The summed E-state index contributed by atoms with van der Waals surface area (Å²) in [5.74, 6) is 0.162. The summed E-state index contributed by atoms with van der Waals surface area (Å²) in [5, 5.41) is 5.46. The standard InChI is InChI=1S/C28H17BrClN3O3/c29-21-13-9-19(10-14-21)28(35)36-25-8-4-1-5-20(25)17-31-33-26(18-11-15-22(30)16-12-18)32-24-7-3-2-6-23(24)27(33)34/h1-17H. The quantitative estimate of drug-likeness (QED) is 0.139. The molecule has 0 saturated carbocycles. The smallest absolute Gasteiger partial charge is 0.343 e. The highest BCUT2D eigenvalue weighted by atomic mass is 79.9. The third-order valence-corrected chi connectivity index (χ3v) is 6.15. The number of carbonyl (C=O) groups excluding carboxylic acids is 1. The van der Waals surface area contributed by atoms with Crippen LogP contribution in [-0.2, 0) is 0 Å². The minimum Gasteiger partial charge on any atom is -0.422 e. The van der Waals surface area contributed by atoms with Crippen molar-refractivity contribution in [3.63, 3.8) is 0 Å². The van der Waals surface area contributed by atoms with Crippen LogP contribution in [0.3, 0.4) is 0 Å². The van der Waals surface area contributed by atoms with Gasteiger partial charge in [-0.05, 0) is 72.8 Å². The van der Waals surface area contributed by atoms with Crippen LogP contribution < -0.4 is 10.3 Å². The molecule has 0 fully saturated rings. The first-order valence-electron chi connectivity index (χ1n) is 10.9. The van der Waals surface area contributed by atoms with E-state index in [2.05, 4.69) is 26.0 Å². The molecule has 0 unspecified atom stereocenters. The van der Waals surface area contributed by atoms with Gasteiger partial charge >= 0.3 is 5.97 Å². The van der Waals surface area contributed by atoms with Gasteiger partial charge in [-0.15, -0.1) is 0 Å². The van der Waals surface area contributed by atoms with Gasteiger partial charge in [0, 0.05) is 20.6 Å². The molecule has 0 saturated heterocycles. The molecular formula is C28H17BrClN3O3. The summed E-state index contributed by atoms with van der Waals surface area (Å²) < 4.78 is 7.72. The van der Waals surface area contributed by atoms with E-state index in [0.717, 1.165) is 4.47 Å². The van der Waals surface area contributed by atoms with Gasteiger partial charge in [0.25, 0.3) is 5.56 Å². The molecule has 0 amide bonds. The highest BCUT2D eigenvalue weighted by molar-refractivity contribution is 9.10. The molecule has 176 valence electrons. The normalized spacial score (nSPS) is 11.2. The summed E-state index contributed by atoms with van der Waals surface area (Å²) >= 11 is 9.41. The van der Waals surface area contributed by atoms with E-state index in [1.54, 1.807) is 91.0 Å². The number of para-hydroxylation sites is 2. The maximum absolute atomic E-state index is 13.4. The summed E-state index contributed by atoms with van der Waals surface area (Å²) in [4.78, 5) is 30.7. The SMILES string of the molecule is O=C(Oc1ccccc1C=Nn1c(-c2ccc(Cl)cc2)nc2ccccc2c1=O)c1ccc(Br)cc1. The third kappa shape index (κ3) is 4.98. The first-order valence-corrected chi connectivity index (χ1v) is 12.1. The zero-order chi connectivity index (χ0) is 25.1. The highest BCUT2D eigenvalue weighted by Gasteiger charge is 2.14. The molecule has 36 heavy (non-hydrogen) atoms. The minimum atomic E-state index is -0.505. The Morgan fingerprint density at radius 3 is 2.39 bits per heavy atom. The Morgan fingerprint density at radius 1 is 0.917 bits per heavy atom.